The first-order valence-electron chi connectivity index (χ1n) is 8.16. The summed E-state index contributed by atoms with van der Waals surface area (Å²) >= 11 is 3.74. The van der Waals surface area contributed by atoms with E-state index in [0.29, 0.717) is 0 Å². The number of halogens is 1. The molecular weight excluding hydrogens is 374 g/mol. The average molecular weight is 388 g/mol. The van der Waals surface area contributed by atoms with Crippen LogP contribution in [-0.4, -0.2) is 0 Å². The van der Waals surface area contributed by atoms with E-state index in [1.54, 1.807) is 0 Å². The van der Waals surface area contributed by atoms with Crippen molar-refractivity contribution >= 4 is 43.8 Å². The summed E-state index contributed by atoms with van der Waals surface area (Å²) < 4.78 is 7.20. The Hall–Kier alpha value is -2.78. The highest BCUT2D eigenvalue weighted by molar-refractivity contribution is 9.10. The summed E-state index contributed by atoms with van der Waals surface area (Å²) in [5.41, 5.74) is 3.22. The fourth-order valence-electron chi connectivity index (χ4n) is 3.43. The molecule has 0 amide bonds. The molecule has 0 radical (unpaired) electrons. The summed E-state index contributed by atoms with van der Waals surface area (Å²) in [6.45, 7) is 0. The van der Waals surface area contributed by atoms with E-state index in [1.807, 2.05) is 36.4 Å². The van der Waals surface area contributed by atoms with Gasteiger partial charge < -0.3 is 9.64 Å². The van der Waals surface area contributed by atoms with E-state index in [2.05, 4.69) is 69.4 Å². The summed E-state index contributed by atoms with van der Waals surface area (Å²) in [7, 11) is 0. The summed E-state index contributed by atoms with van der Waals surface area (Å²) in [5.74, 6) is 1.73. The maximum atomic E-state index is 6.12. The smallest absolute Gasteiger partial charge is 0.151 e. The van der Waals surface area contributed by atoms with Crippen LogP contribution >= 0.6 is 15.9 Å². The van der Waals surface area contributed by atoms with Gasteiger partial charge in [-0.05, 0) is 41.8 Å². The Balaban J connectivity index is 1.87. The molecule has 0 unspecified atom stereocenters. The normalized spacial score (nSPS) is 12.4. The van der Waals surface area contributed by atoms with Crippen molar-refractivity contribution in [3.8, 4) is 11.5 Å². The van der Waals surface area contributed by atoms with Gasteiger partial charge in [-0.25, -0.2) is 0 Å². The molecule has 3 heteroatoms. The molecule has 0 aromatic heterocycles. The second-order valence-corrected chi connectivity index (χ2v) is 6.84. The van der Waals surface area contributed by atoms with Crippen molar-refractivity contribution in [2.45, 2.75) is 0 Å². The SMILES string of the molecule is Brc1cccc2cccc(N3c4ccccc4Oc4ccccc43)c12. The number of hydrogen-bond donors (Lipinski definition) is 0. The van der Waals surface area contributed by atoms with Crippen LogP contribution in [0.2, 0.25) is 0 Å². The van der Waals surface area contributed by atoms with E-state index in [1.165, 1.54) is 10.8 Å². The van der Waals surface area contributed by atoms with Crippen molar-refractivity contribution in [1.29, 1.82) is 0 Å². The lowest BCUT2D eigenvalue weighted by atomic mass is 10.1. The first-order chi connectivity index (χ1) is 12.3. The quantitative estimate of drug-likeness (QED) is 0.302. The Morgan fingerprint density at radius 1 is 0.600 bits per heavy atom. The van der Waals surface area contributed by atoms with Crippen LogP contribution in [0.3, 0.4) is 0 Å². The second kappa shape index (κ2) is 5.64. The molecule has 1 aliphatic heterocycles. The molecule has 1 aliphatic rings. The van der Waals surface area contributed by atoms with Gasteiger partial charge in [0.1, 0.15) is 0 Å². The Morgan fingerprint density at radius 2 is 1.16 bits per heavy atom. The van der Waals surface area contributed by atoms with Crippen LogP contribution < -0.4 is 9.64 Å². The zero-order valence-electron chi connectivity index (χ0n) is 13.3. The summed E-state index contributed by atoms with van der Waals surface area (Å²) in [5, 5.41) is 2.39. The Labute approximate surface area is 154 Å². The Kier molecular flexibility index (Phi) is 3.28. The van der Waals surface area contributed by atoms with Crippen LogP contribution in [0, 0.1) is 0 Å². The number of nitrogens with zero attached hydrogens (tertiary/aromatic N) is 1. The van der Waals surface area contributed by atoms with Crippen LogP contribution in [0.5, 0.6) is 11.5 Å². The van der Waals surface area contributed by atoms with Gasteiger partial charge in [0, 0.05) is 9.86 Å². The highest BCUT2D eigenvalue weighted by atomic mass is 79.9. The first-order valence-corrected chi connectivity index (χ1v) is 8.95. The van der Waals surface area contributed by atoms with Crippen molar-refractivity contribution in [2.75, 3.05) is 4.90 Å². The van der Waals surface area contributed by atoms with Crippen molar-refractivity contribution in [2.24, 2.45) is 0 Å². The first kappa shape index (κ1) is 14.6. The molecule has 5 rings (SSSR count). The average Bonchev–Trinajstić information content (AvgIpc) is 2.66. The topological polar surface area (TPSA) is 12.5 Å². The number of rotatable bonds is 1. The molecule has 1 heterocycles. The summed E-state index contributed by atoms with van der Waals surface area (Å²) in [6.07, 6.45) is 0. The van der Waals surface area contributed by atoms with Gasteiger partial charge in [-0.3, -0.25) is 0 Å². The standard InChI is InChI=1S/C22H14BrNO/c23-16-9-5-7-15-8-6-12-19(22(15)16)24-17-10-1-3-13-20(17)25-21-14-4-2-11-18(21)24/h1-14H. The van der Waals surface area contributed by atoms with Gasteiger partial charge in [0.15, 0.2) is 11.5 Å². The van der Waals surface area contributed by atoms with Crippen molar-refractivity contribution in [1.82, 2.24) is 0 Å². The molecule has 0 spiro atoms. The van der Waals surface area contributed by atoms with Crippen LogP contribution in [0.4, 0.5) is 17.1 Å². The van der Waals surface area contributed by atoms with Gasteiger partial charge in [0.25, 0.3) is 0 Å². The predicted octanol–water partition coefficient (Wildman–Crippen LogP) is 7.18. The van der Waals surface area contributed by atoms with Gasteiger partial charge in [-0.1, -0.05) is 64.5 Å². The number of benzene rings is 4. The van der Waals surface area contributed by atoms with Gasteiger partial charge in [0.05, 0.1) is 17.1 Å². The Morgan fingerprint density at radius 3 is 1.84 bits per heavy atom. The molecule has 0 atom stereocenters. The van der Waals surface area contributed by atoms with Gasteiger partial charge in [-0.2, -0.15) is 0 Å². The molecule has 25 heavy (non-hydrogen) atoms. The van der Waals surface area contributed by atoms with Crippen LogP contribution in [0.15, 0.2) is 89.4 Å². The van der Waals surface area contributed by atoms with Gasteiger partial charge >= 0.3 is 0 Å². The van der Waals surface area contributed by atoms with E-state index in [4.69, 9.17) is 4.74 Å². The molecule has 120 valence electrons. The lowest BCUT2D eigenvalue weighted by Gasteiger charge is -2.33. The number of ether oxygens (including phenoxy) is 1. The molecule has 2 nitrogen and oxygen atoms in total. The fraction of sp³-hybridized carbons (Fsp3) is 0. The van der Waals surface area contributed by atoms with Crippen molar-refractivity contribution in [3.63, 3.8) is 0 Å². The molecule has 4 aromatic carbocycles. The zero-order valence-corrected chi connectivity index (χ0v) is 14.9. The van der Waals surface area contributed by atoms with Crippen LogP contribution in [0.1, 0.15) is 0 Å². The van der Waals surface area contributed by atoms with E-state index in [9.17, 15) is 0 Å². The number of para-hydroxylation sites is 4. The third kappa shape index (κ3) is 2.24. The van der Waals surface area contributed by atoms with Crippen LogP contribution in [0.25, 0.3) is 10.8 Å². The number of hydrogen-bond acceptors (Lipinski definition) is 2. The minimum atomic E-state index is 0.866. The Bertz CT molecular complexity index is 1060. The highest BCUT2D eigenvalue weighted by Crippen LogP contribution is 2.51. The second-order valence-electron chi connectivity index (χ2n) is 5.99. The van der Waals surface area contributed by atoms with Crippen molar-refractivity contribution < 1.29 is 4.74 Å². The number of fused-ring (bicyclic) bond motifs is 3. The maximum absolute atomic E-state index is 6.12. The molecule has 0 saturated heterocycles. The minimum Gasteiger partial charge on any atom is -0.453 e. The largest absolute Gasteiger partial charge is 0.453 e. The zero-order chi connectivity index (χ0) is 16.8. The highest BCUT2D eigenvalue weighted by Gasteiger charge is 2.26. The lowest BCUT2D eigenvalue weighted by Crippen LogP contribution is -2.16. The molecule has 0 aliphatic carbocycles. The minimum absolute atomic E-state index is 0.866. The third-order valence-electron chi connectivity index (χ3n) is 4.50. The molecule has 0 bridgehead atoms. The van der Waals surface area contributed by atoms with Gasteiger partial charge in [0.2, 0.25) is 0 Å². The molecule has 0 saturated carbocycles. The van der Waals surface area contributed by atoms with Gasteiger partial charge in [-0.15, -0.1) is 0 Å². The lowest BCUT2D eigenvalue weighted by molar-refractivity contribution is 0.477. The van der Waals surface area contributed by atoms with E-state index < -0.39 is 0 Å². The summed E-state index contributed by atoms with van der Waals surface area (Å²) in [4.78, 5) is 2.28. The molecule has 0 fully saturated rings. The van der Waals surface area contributed by atoms with Crippen LogP contribution in [-0.2, 0) is 0 Å². The summed E-state index contributed by atoms with van der Waals surface area (Å²) in [6, 6.07) is 29.0. The third-order valence-corrected chi connectivity index (χ3v) is 5.17. The fourth-order valence-corrected chi connectivity index (χ4v) is 4.01. The predicted molar refractivity (Wildman–Crippen MR) is 106 cm³/mol. The maximum Gasteiger partial charge on any atom is 0.151 e. The van der Waals surface area contributed by atoms with E-state index in [0.717, 1.165) is 33.0 Å². The van der Waals surface area contributed by atoms with E-state index >= 15 is 0 Å². The molecule has 0 N–H and O–H groups in total. The number of anilines is 3. The molecular formula is C22H14BrNO. The monoisotopic (exact) mass is 387 g/mol. The molecule has 4 aromatic rings. The van der Waals surface area contributed by atoms with E-state index in [-0.39, 0.29) is 0 Å². The van der Waals surface area contributed by atoms with Crippen molar-refractivity contribution in [3.05, 3.63) is 89.4 Å².